The van der Waals surface area contributed by atoms with Crippen molar-refractivity contribution < 1.29 is 33.0 Å². The number of hydrogen-bond donors (Lipinski definition) is 3. The van der Waals surface area contributed by atoms with E-state index < -0.39 is 21.8 Å². The minimum absolute atomic E-state index is 0.256. The number of carboxylic acids is 2. The van der Waals surface area contributed by atoms with Gasteiger partial charge in [-0.05, 0) is 68.4 Å². The first-order chi connectivity index (χ1) is 16.7. The second-order valence-corrected chi connectivity index (χ2v) is 9.97. The number of rotatable bonds is 6. The number of aliphatic carboxylic acids is 2. The van der Waals surface area contributed by atoms with Gasteiger partial charge in [-0.15, -0.1) is 0 Å². The first-order valence-electron chi connectivity index (χ1n) is 11.1. The highest BCUT2D eigenvalue weighted by Crippen LogP contribution is 2.33. The van der Waals surface area contributed by atoms with Gasteiger partial charge in [0.05, 0.1) is 16.9 Å². The minimum atomic E-state index is -3.59. The molecule has 1 fully saturated rings. The fourth-order valence-electron chi connectivity index (χ4n) is 3.85. The Balaban J connectivity index is 0.000000509. The number of likely N-dealkylation sites (tertiary alicyclic amines) is 1. The summed E-state index contributed by atoms with van der Waals surface area (Å²) in [5.41, 5.74) is 2.73. The van der Waals surface area contributed by atoms with E-state index in [0.717, 1.165) is 36.6 Å². The summed E-state index contributed by atoms with van der Waals surface area (Å²) >= 11 is 0. The third kappa shape index (κ3) is 6.71. The van der Waals surface area contributed by atoms with Crippen molar-refractivity contribution in [2.24, 2.45) is 0 Å². The number of carboxylic acid groups (broad SMARTS) is 2. The fraction of sp³-hybridized carbons (Fsp3) is 0.280. The summed E-state index contributed by atoms with van der Waals surface area (Å²) in [5.74, 6) is -3.01. The number of hydrogen-bond acceptors (Lipinski definition) is 6. The molecule has 0 spiro atoms. The topological polar surface area (TPSA) is 137 Å². The van der Waals surface area contributed by atoms with Crippen LogP contribution in [0.3, 0.4) is 0 Å². The van der Waals surface area contributed by atoms with E-state index in [1.54, 1.807) is 55.6 Å². The Labute approximate surface area is 203 Å². The molecule has 186 valence electrons. The van der Waals surface area contributed by atoms with Gasteiger partial charge in [0.1, 0.15) is 5.75 Å². The van der Waals surface area contributed by atoms with Crippen molar-refractivity contribution in [3.05, 3.63) is 66.4 Å². The molecular formula is C25H28N2O7S. The van der Waals surface area contributed by atoms with E-state index >= 15 is 0 Å². The maximum atomic E-state index is 13.0. The molecule has 2 heterocycles. The number of nitrogens with one attached hydrogen (secondary N) is 1. The predicted molar refractivity (Wildman–Crippen MR) is 129 cm³/mol. The van der Waals surface area contributed by atoms with Crippen LogP contribution in [0.25, 0.3) is 11.3 Å². The number of benzene rings is 2. The summed E-state index contributed by atoms with van der Waals surface area (Å²) in [7, 11) is -1.99. The highest BCUT2D eigenvalue weighted by Gasteiger charge is 2.20. The van der Waals surface area contributed by atoms with Crippen molar-refractivity contribution in [3.8, 4) is 17.0 Å². The Hall–Kier alpha value is -3.63. The molecule has 3 N–H and O–H groups in total. The van der Waals surface area contributed by atoms with Crippen LogP contribution in [-0.2, 0) is 26.0 Å². The first kappa shape index (κ1) is 26.0. The van der Waals surface area contributed by atoms with E-state index in [1.807, 2.05) is 6.07 Å². The number of carbonyl (C=O) groups is 2. The van der Waals surface area contributed by atoms with Crippen molar-refractivity contribution in [3.63, 3.8) is 0 Å². The van der Waals surface area contributed by atoms with Crippen LogP contribution in [0.4, 0.5) is 0 Å². The molecule has 0 amide bonds. The van der Waals surface area contributed by atoms with Crippen LogP contribution in [0.15, 0.2) is 70.5 Å². The molecule has 1 saturated heterocycles. The van der Waals surface area contributed by atoms with Gasteiger partial charge in [-0.3, -0.25) is 4.90 Å². The molecule has 0 radical (unpaired) electrons. The van der Waals surface area contributed by atoms with E-state index in [0.29, 0.717) is 5.75 Å². The third-order valence-electron chi connectivity index (χ3n) is 5.60. The Morgan fingerprint density at radius 3 is 2.17 bits per heavy atom. The van der Waals surface area contributed by atoms with Crippen LogP contribution in [0, 0.1) is 0 Å². The SMILES string of the molecule is COc1ccc(S(=O)(=O)c2ccccc2)cc1-c1ccc(CN2CCCCC2)[nH]1.O=C(O)C(=O)O. The molecule has 1 aliphatic heterocycles. The molecule has 3 aromatic rings. The predicted octanol–water partition coefficient (Wildman–Crippen LogP) is 3.66. The maximum Gasteiger partial charge on any atom is 0.414 e. The summed E-state index contributed by atoms with van der Waals surface area (Å²) in [6.07, 6.45) is 3.81. The number of sulfone groups is 1. The van der Waals surface area contributed by atoms with E-state index in [2.05, 4.69) is 16.0 Å². The summed E-state index contributed by atoms with van der Waals surface area (Å²) < 4.78 is 31.6. The molecule has 0 saturated carbocycles. The lowest BCUT2D eigenvalue weighted by atomic mass is 10.1. The molecule has 2 aromatic carbocycles. The molecule has 0 unspecified atom stereocenters. The van der Waals surface area contributed by atoms with Crippen LogP contribution < -0.4 is 4.74 Å². The van der Waals surface area contributed by atoms with Crippen LogP contribution in [0.2, 0.25) is 0 Å². The molecule has 1 aromatic heterocycles. The normalized spacial score (nSPS) is 14.0. The lowest BCUT2D eigenvalue weighted by Gasteiger charge is -2.25. The average Bonchev–Trinajstić information content (AvgIpc) is 3.33. The number of nitrogens with zero attached hydrogens (tertiary/aromatic N) is 1. The summed E-state index contributed by atoms with van der Waals surface area (Å²) in [6.45, 7) is 3.13. The molecule has 9 nitrogen and oxygen atoms in total. The van der Waals surface area contributed by atoms with Crippen LogP contribution >= 0.6 is 0 Å². The van der Waals surface area contributed by atoms with Gasteiger partial charge < -0.3 is 19.9 Å². The molecule has 4 rings (SSSR count). The standard InChI is InChI=1S/C23H26N2O3S.C2H2O4/c1-28-23-13-11-20(29(26,27)19-8-4-2-5-9-19)16-21(23)22-12-10-18(24-22)17-25-14-6-3-7-15-25;3-1(4)2(5)6/h2,4-5,8-13,16,24H,3,6-7,14-15,17H2,1H3;(H,3,4)(H,5,6). The van der Waals surface area contributed by atoms with Gasteiger partial charge in [0, 0.05) is 23.5 Å². The lowest BCUT2D eigenvalue weighted by molar-refractivity contribution is -0.159. The summed E-state index contributed by atoms with van der Waals surface area (Å²) in [4.78, 5) is 24.6. The van der Waals surface area contributed by atoms with E-state index in [-0.39, 0.29) is 9.79 Å². The highest BCUT2D eigenvalue weighted by atomic mass is 32.2. The fourth-order valence-corrected chi connectivity index (χ4v) is 5.16. The molecule has 0 atom stereocenters. The molecule has 1 aliphatic rings. The number of piperidine rings is 1. The Morgan fingerprint density at radius 2 is 1.57 bits per heavy atom. The maximum absolute atomic E-state index is 13.0. The quantitative estimate of drug-likeness (QED) is 0.436. The number of methoxy groups -OCH3 is 1. The van der Waals surface area contributed by atoms with Gasteiger partial charge in [-0.25, -0.2) is 18.0 Å². The Kier molecular flexibility index (Phi) is 8.67. The average molecular weight is 501 g/mol. The molecule has 0 bridgehead atoms. The lowest BCUT2D eigenvalue weighted by Crippen LogP contribution is -2.29. The summed E-state index contributed by atoms with van der Waals surface area (Å²) in [6, 6.07) is 17.6. The van der Waals surface area contributed by atoms with Crippen molar-refractivity contribution >= 4 is 21.8 Å². The number of aromatic nitrogens is 1. The minimum Gasteiger partial charge on any atom is -0.496 e. The smallest absolute Gasteiger partial charge is 0.414 e. The third-order valence-corrected chi connectivity index (χ3v) is 7.36. The van der Waals surface area contributed by atoms with Gasteiger partial charge >= 0.3 is 11.9 Å². The van der Waals surface area contributed by atoms with E-state index in [1.165, 1.54) is 19.3 Å². The Bertz CT molecular complexity index is 1250. The van der Waals surface area contributed by atoms with Gasteiger partial charge in [-0.1, -0.05) is 24.6 Å². The van der Waals surface area contributed by atoms with Crippen molar-refractivity contribution in [1.29, 1.82) is 0 Å². The second kappa shape index (κ2) is 11.7. The number of aromatic amines is 1. The van der Waals surface area contributed by atoms with Crippen LogP contribution in [-0.4, -0.2) is 60.7 Å². The zero-order valence-corrected chi connectivity index (χ0v) is 20.1. The van der Waals surface area contributed by atoms with Crippen molar-refractivity contribution in [2.75, 3.05) is 20.2 Å². The van der Waals surface area contributed by atoms with Gasteiger partial charge in [0.15, 0.2) is 0 Å². The van der Waals surface area contributed by atoms with Crippen molar-refractivity contribution in [2.45, 2.75) is 35.6 Å². The van der Waals surface area contributed by atoms with Crippen molar-refractivity contribution in [1.82, 2.24) is 9.88 Å². The molecular weight excluding hydrogens is 472 g/mol. The summed E-state index contributed by atoms with van der Waals surface area (Å²) in [5, 5.41) is 14.8. The van der Waals surface area contributed by atoms with Gasteiger partial charge in [0.2, 0.25) is 9.84 Å². The first-order valence-corrected chi connectivity index (χ1v) is 12.6. The second-order valence-electron chi connectivity index (χ2n) is 8.02. The molecule has 0 aliphatic carbocycles. The largest absolute Gasteiger partial charge is 0.496 e. The molecule has 35 heavy (non-hydrogen) atoms. The van der Waals surface area contributed by atoms with E-state index in [9.17, 15) is 8.42 Å². The number of ether oxygens (including phenoxy) is 1. The zero-order valence-electron chi connectivity index (χ0n) is 19.3. The Morgan fingerprint density at radius 1 is 0.914 bits per heavy atom. The number of H-pyrrole nitrogens is 1. The monoisotopic (exact) mass is 500 g/mol. The highest BCUT2D eigenvalue weighted by molar-refractivity contribution is 7.91. The van der Waals surface area contributed by atoms with Crippen LogP contribution in [0.5, 0.6) is 5.75 Å². The van der Waals surface area contributed by atoms with Gasteiger partial charge in [0.25, 0.3) is 0 Å². The molecule has 10 heteroatoms. The zero-order chi connectivity index (χ0) is 25.4. The van der Waals surface area contributed by atoms with Gasteiger partial charge in [-0.2, -0.15) is 0 Å². The van der Waals surface area contributed by atoms with Crippen LogP contribution in [0.1, 0.15) is 25.0 Å². The van der Waals surface area contributed by atoms with E-state index in [4.69, 9.17) is 24.5 Å².